The summed E-state index contributed by atoms with van der Waals surface area (Å²) in [5.41, 5.74) is 0.943. The Morgan fingerprint density at radius 3 is 2.73 bits per heavy atom. The maximum absolute atomic E-state index is 11.2. The van der Waals surface area contributed by atoms with Crippen LogP contribution in [0.25, 0.3) is 0 Å². The zero-order valence-corrected chi connectivity index (χ0v) is 11.9. The molecule has 0 aromatic rings. The van der Waals surface area contributed by atoms with Gasteiger partial charge in [-0.1, -0.05) is 0 Å². The van der Waals surface area contributed by atoms with Crippen molar-refractivity contribution in [2.75, 3.05) is 6.61 Å². The molecule has 2 fully saturated rings. The third kappa shape index (κ3) is 2.90. The molecule has 22 heavy (non-hydrogen) atoms. The second-order valence-electron chi connectivity index (χ2n) is 5.87. The summed E-state index contributed by atoms with van der Waals surface area (Å²) in [6, 6.07) is 0. The van der Waals surface area contributed by atoms with E-state index in [9.17, 15) is 20.1 Å². The Hall–Kier alpha value is -1.03. The van der Waals surface area contributed by atoms with Gasteiger partial charge in [0.1, 0.15) is 30.5 Å². The fraction of sp³-hybridized carbons (Fsp3) is 0.786. The molecule has 8 heteroatoms. The quantitative estimate of drug-likeness (QED) is 0.450. The van der Waals surface area contributed by atoms with E-state index in [0.29, 0.717) is 19.3 Å². The van der Waals surface area contributed by atoms with E-state index >= 15 is 0 Å². The van der Waals surface area contributed by atoms with E-state index in [1.807, 2.05) is 0 Å². The molecular formula is C14H20O8. The summed E-state index contributed by atoms with van der Waals surface area (Å²) in [6.07, 6.45) is -3.81. The summed E-state index contributed by atoms with van der Waals surface area (Å²) < 4.78 is 16.1. The van der Waals surface area contributed by atoms with E-state index in [1.165, 1.54) is 6.08 Å². The number of carbonyl (C=O) groups excluding carboxylic acids is 1. The van der Waals surface area contributed by atoms with Gasteiger partial charge in [-0.3, -0.25) is 0 Å². The Balaban J connectivity index is 1.61. The predicted molar refractivity (Wildman–Crippen MR) is 70.5 cm³/mol. The molecule has 7 atom stereocenters. The SMILES string of the molecule is O=C1C=C2CC[C@H](O[C@@H]3O[C@H](CO)[C@@H](O)[C@H](O)[C@H]3O)C[C@@H]2O1. The molecule has 1 saturated carbocycles. The van der Waals surface area contributed by atoms with Crippen molar-refractivity contribution < 1.29 is 39.4 Å². The molecule has 0 radical (unpaired) electrons. The topological polar surface area (TPSA) is 126 Å². The minimum Gasteiger partial charge on any atom is -0.455 e. The summed E-state index contributed by atoms with van der Waals surface area (Å²) in [4.78, 5) is 11.2. The molecule has 0 spiro atoms. The zero-order chi connectivity index (χ0) is 15.9. The van der Waals surface area contributed by atoms with Crippen molar-refractivity contribution in [2.24, 2.45) is 0 Å². The van der Waals surface area contributed by atoms with Crippen LogP contribution >= 0.6 is 0 Å². The first kappa shape index (κ1) is 15.9. The van der Waals surface area contributed by atoms with E-state index in [1.54, 1.807) is 0 Å². The lowest BCUT2D eigenvalue weighted by molar-refractivity contribution is -0.313. The monoisotopic (exact) mass is 316 g/mol. The number of hydrogen-bond acceptors (Lipinski definition) is 8. The third-order valence-corrected chi connectivity index (χ3v) is 4.38. The molecule has 0 bridgehead atoms. The van der Waals surface area contributed by atoms with Gasteiger partial charge in [0.15, 0.2) is 6.29 Å². The van der Waals surface area contributed by atoms with Crippen molar-refractivity contribution in [1.82, 2.24) is 0 Å². The minimum atomic E-state index is -1.46. The number of carbonyl (C=O) groups is 1. The average Bonchev–Trinajstić information content (AvgIpc) is 2.87. The van der Waals surface area contributed by atoms with Gasteiger partial charge < -0.3 is 34.6 Å². The maximum Gasteiger partial charge on any atom is 0.331 e. The molecule has 0 unspecified atom stereocenters. The van der Waals surface area contributed by atoms with E-state index in [4.69, 9.17) is 19.3 Å². The predicted octanol–water partition coefficient (Wildman–Crippen LogP) is -1.79. The fourth-order valence-electron chi connectivity index (χ4n) is 3.10. The van der Waals surface area contributed by atoms with Gasteiger partial charge in [-0.15, -0.1) is 0 Å². The lowest BCUT2D eigenvalue weighted by Crippen LogP contribution is -2.59. The van der Waals surface area contributed by atoms with E-state index in [-0.39, 0.29) is 18.2 Å². The number of esters is 1. The van der Waals surface area contributed by atoms with Crippen molar-refractivity contribution in [2.45, 2.75) is 62.2 Å². The number of aliphatic hydroxyl groups excluding tert-OH is 4. The fourth-order valence-corrected chi connectivity index (χ4v) is 3.10. The van der Waals surface area contributed by atoms with Gasteiger partial charge in [-0.25, -0.2) is 4.79 Å². The molecule has 3 rings (SSSR count). The number of hydrogen-bond donors (Lipinski definition) is 4. The van der Waals surface area contributed by atoms with Crippen LogP contribution in [-0.4, -0.2) is 75.9 Å². The molecule has 0 aromatic heterocycles. The summed E-state index contributed by atoms with van der Waals surface area (Å²) in [6.45, 7) is -0.497. The molecule has 1 saturated heterocycles. The molecule has 2 aliphatic heterocycles. The van der Waals surface area contributed by atoms with Crippen LogP contribution in [0.1, 0.15) is 19.3 Å². The number of aliphatic hydroxyl groups is 4. The first-order valence-corrected chi connectivity index (χ1v) is 7.36. The van der Waals surface area contributed by atoms with Crippen molar-refractivity contribution in [3.63, 3.8) is 0 Å². The van der Waals surface area contributed by atoms with Gasteiger partial charge in [-0.05, 0) is 18.4 Å². The highest BCUT2D eigenvalue weighted by molar-refractivity contribution is 5.85. The highest BCUT2D eigenvalue weighted by Crippen LogP contribution is 2.34. The van der Waals surface area contributed by atoms with Crippen LogP contribution in [0.2, 0.25) is 0 Å². The molecule has 1 aliphatic carbocycles. The van der Waals surface area contributed by atoms with Crippen LogP contribution in [-0.2, 0) is 19.0 Å². The van der Waals surface area contributed by atoms with Crippen LogP contribution in [0.15, 0.2) is 11.6 Å². The smallest absolute Gasteiger partial charge is 0.331 e. The highest BCUT2D eigenvalue weighted by Gasteiger charge is 2.45. The average molecular weight is 316 g/mol. The Morgan fingerprint density at radius 2 is 2.00 bits per heavy atom. The van der Waals surface area contributed by atoms with Gasteiger partial charge in [0.25, 0.3) is 0 Å². The Kier molecular flexibility index (Phi) is 4.49. The number of fused-ring (bicyclic) bond motifs is 1. The van der Waals surface area contributed by atoms with Crippen LogP contribution in [0.4, 0.5) is 0 Å². The van der Waals surface area contributed by atoms with Crippen LogP contribution < -0.4 is 0 Å². The van der Waals surface area contributed by atoms with Gasteiger partial charge in [0.05, 0.1) is 12.7 Å². The van der Waals surface area contributed by atoms with E-state index < -0.39 is 37.3 Å². The zero-order valence-electron chi connectivity index (χ0n) is 11.9. The number of ether oxygens (including phenoxy) is 3. The number of rotatable bonds is 3. The standard InChI is InChI=1S/C14H20O8/c15-5-9-11(17)12(18)13(19)14(22-9)20-7-2-1-6-3-10(16)21-8(6)4-7/h3,7-9,11-15,17-19H,1-2,4-5H2/t7-,8-,9+,11+,12-,13+,14+/m0/s1. The highest BCUT2D eigenvalue weighted by atomic mass is 16.7. The maximum atomic E-state index is 11.2. The van der Waals surface area contributed by atoms with Crippen molar-refractivity contribution in [1.29, 1.82) is 0 Å². The molecule has 3 aliphatic rings. The van der Waals surface area contributed by atoms with Crippen molar-refractivity contribution in [3.8, 4) is 0 Å². The van der Waals surface area contributed by atoms with Crippen LogP contribution in [0.3, 0.4) is 0 Å². The van der Waals surface area contributed by atoms with Gasteiger partial charge >= 0.3 is 5.97 Å². The molecule has 8 nitrogen and oxygen atoms in total. The molecule has 124 valence electrons. The largest absolute Gasteiger partial charge is 0.455 e. The van der Waals surface area contributed by atoms with Gasteiger partial charge in [0.2, 0.25) is 0 Å². The van der Waals surface area contributed by atoms with Crippen molar-refractivity contribution >= 4 is 5.97 Å². The van der Waals surface area contributed by atoms with Crippen molar-refractivity contribution in [3.05, 3.63) is 11.6 Å². The third-order valence-electron chi connectivity index (χ3n) is 4.38. The summed E-state index contributed by atoms with van der Waals surface area (Å²) in [5.74, 6) is -0.353. The van der Waals surface area contributed by atoms with E-state index in [2.05, 4.69) is 0 Å². The van der Waals surface area contributed by atoms with Gasteiger partial charge in [0, 0.05) is 12.5 Å². The summed E-state index contributed by atoms with van der Waals surface area (Å²) in [7, 11) is 0. The molecule has 0 aromatic carbocycles. The summed E-state index contributed by atoms with van der Waals surface area (Å²) >= 11 is 0. The molecule has 2 heterocycles. The Morgan fingerprint density at radius 1 is 1.23 bits per heavy atom. The molecule has 0 amide bonds. The second-order valence-corrected chi connectivity index (χ2v) is 5.87. The normalized spacial score (nSPS) is 45.2. The lowest BCUT2D eigenvalue weighted by Gasteiger charge is -2.41. The summed E-state index contributed by atoms with van der Waals surface area (Å²) in [5, 5.41) is 38.5. The first-order chi connectivity index (χ1) is 10.5. The minimum absolute atomic E-state index is 0.309. The lowest BCUT2D eigenvalue weighted by atomic mass is 9.90. The molecule has 4 N–H and O–H groups in total. The van der Waals surface area contributed by atoms with Crippen LogP contribution in [0, 0.1) is 0 Å². The van der Waals surface area contributed by atoms with Crippen LogP contribution in [0.5, 0.6) is 0 Å². The van der Waals surface area contributed by atoms with E-state index in [0.717, 1.165) is 5.57 Å². The van der Waals surface area contributed by atoms with Gasteiger partial charge in [-0.2, -0.15) is 0 Å². The molecular weight excluding hydrogens is 296 g/mol. The first-order valence-electron chi connectivity index (χ1n) is 7.36. The Bertz CT molecular complexity index is 462. The second kappa shape index (κ2) is 6.23. The Labute approximate surface area is 126 Å².